The van der Waals surface area contributed by atoms with Crippen LogP contribution in [-0.4, -0.2) is 49.2 Å². The SMILES string of the molecule is O=C(Nc1cccc(CN[C@H]2CCN(CCc3ccccc3)C2)c1)[C@H]1CCCO1. The fraction of sp³-hybridized carbons (Fsp3) is 0.458. The van der Waals surface area contributed by atoms with Gasteiger partial charge in [-0.05, 0) is 55.5 Å². The molecule has 0 radical (unpaired) electrons. The first-order chi connectivity index (χ1) is 14.3. The molecule has 154 valence electrons. The van der Waals surface area contributed by atoms with Crippen LogP contribution in [0.2, 0.25) is 0 Å². The number of ether oxygens (including phenoxy) is 1. The lowest BCUT2D eigenvalue weighted by atomic mass is 10.1. The van der Waals surface area contributed by atoms with Crippen LogP contribution in [0.4, 0.5) is 5.69 Å². The van der Waals surface area contributed by atoms with Crippen molar-refractivity contribution in [2.24, 2.45) is 0 Å². The second-order valence-corrected chi connectivity index (χ2v) is 8.09. The topological polar surface area (TPSA) is 53.6 Å². The van der Waals surface area contributed by atoms with Gasteiger partial charge >= 0.3 is 0 Å². The van der Waals surface area contributed by atoms with E-state index in [1.54, 1.807) is 0 Å². The summed E-state index contributed by atoms with van der Waals surface area (Å²) in [5, 5.41) is 6.67. The summed E-state index contributed by atoms with van der Waals surface area (Å²) in [5.41, 5.74) is 3.45. The van der Waals surface area contributed by atoms with E-state index in [4.69, 9.17) is 4.74 Å². The second-order valence-electron chi connectivity index (χ2n) is 8.09. The minimum absolute atomic E-state index is 0.0301. The molecule has 0 bridgehead atoms. The Kier molecular flexibility index (Phi) is 6.93. The molecule has 5 nitrogen and oxygen atoms in total. The highest BCUT2D eigenvalue weighted by molar-refractivity contribution is 5.94. The molecule has 2 aliphatic heterocycles. The standard InChI is InChI=1S/C24H31N3O2/c28-24(23-10-5-15-29-23)26-21-9-4-8-20(16-21)17-25-22-12-14-27(18-22)13-11-19-6-2-1-3-7-19/h1-4,6-9,16,22-23,25H,5,10-15,17-18H2,(H,26,28)/t22-,23+/m0/s1. The smallest absolute Gasteiger partial charge is 0.253 e. The molecule has 0 unspecified atom stereocenters. The van der Waals surface area contributed by atoms with Gasteiger partial charge in [0, 0.05) is 38.0 Å². The van der Waals surface area contributed by atoms with Crippen molar-refractivity contribution in [3.8, 4) is 0 Å². The van der Waals surface area contributed by atoms with E-state index in [0.717, 1.165) is 51.1 Å². The Balaban J connectivity index is 1.20. The number of likely N-dealkylation sites (tertiary alicyclic amines) is 1. The average molecular weight is 394 g/mol. The van der Waals surface area contributed by atoms with Gasteiger partial charge in [0.2, 0.25) is 0 Å². The molecule has 0 spiro atoms. The van der Waals surface area contributed by atoms with Gasteiger partial charge in [-0.25, -0.2) is 0 Å². The lowest BCUT2D eigenvalue weighted by Crippen LogP contribution is -2.32. The first-order valence-corrected chi connectivity index (χ1v) is 10.8. The first kappa shape index (κ1) is 20.1. The van der Waals surface area contributed by atoms with Crippen LogP contribution in [0.3, 0.4) is 0 Å². The van der Waals surface area contributed by atoms with Crippen molar-refractivity contribution in [2.45, 2.75) is 44.4 Å². The number of carbonyl (C=O) groups excluding carboxylic acids is 1. The van der Waals surface area contributed by atoms with Crippen molar-refractivity contribution >= 4 is 11.6 Å². The van der Waals surface area contributed by atoms with Gasteiger partial charge in [0.25, 0.3) is 5.91 Å². The highest BCUT2D eigenvalue weighted by atomic mass is 16.5. The zero-order valence-corrected chi connectivity index (χ0v) is 17.0. The molecule has 0 aromatic heterocycles. The van der Waals surface area contributed by atoms with Gasteiger partial charge in [-0.2, -0.15) is 0 Å². The van der Waals surface area contributed by atoms with Gasteiger partial charge in [0.1, 0.15) is 6.10 Å². The lowest BCUT2D eigenvalue weighted by molar-refractivity contribution is -0.124. The summed E-state index contributed by atoms with van der Waals surface area (Å²) in [6, 6.07) is 19.3. The number of hydrogen-bond acceptors (Lipinski definition) is 4. The summed E-state index contributed by atoms with van der Waals surface area (Å²) in [6.45, 7) is 4.88. The maximum absolute atomic E-state index is 12.2. The molecule has 0 saturated carbocycles. The number of hydrogen-bond donors (Lipinski definition) is 2. The highest BCUT2D eigenvalue weighted by Gasteiger charge is 2.24. The van der Waals surface area contributed by atoms with Gasteiger partial charge in [-0.3, -0.25) is 4.79 Å². The number of benzene rings is 2. The van der Waals surface area contributed by atoms with Crippen molar-refractivity contribution in [3.63, 3.8) is 0 Å². The zero-order chi connectivity index (χ0) is 19.9. The van der Waals surface area contributed by atoms with E-state index in [0.29, 0.717) is 12.6 Å². The van der Waals surface area contributed by atoms with Crippen LogP contribution in [0.15, 0.2) is 54.6 Å². The van der Waals surface area contributed by atoms with Crippen LogP contribution < -0.4 is 10.6 Å². The number of rotatable bonds is 8. The van der Waals surface area contributed by atoms with Gasteiger partial charge in [0.05, 0.1) is 0 Å². The maximum Gasteiger partial charge on any atom is 0.253 e. The molecular formula is C24H31N3O2. The van der Waals surface area contributed by atoms with Crippen LogP contribution in [0.25, 0.3) is 0 Å². The normalized spacial score (nSPS) is 22.1. The first-order valence-electron chi connectivity index (χ1n) is 10.8. The Hall–Kier alpha value is -2.21. The van der Waals surface area contributed by atoms with Gasteiger partial charge in [0.15, 0.2) is 0 Å². The number of nitrogens with zero attached hydrogens (tertiary/aromatic N) is 1. The molecule has 0 aliphatic carbocycles. The summed E-state index contributed by atoms with van der Waals surface area (Å²) in [4.78, 5) is 14.8. The number of amides is 1. The Bertz CT molecular complexity index is 790. The van der Waals surface area contributed by atoms with Crippen molar-refractivity contribution in [2.75, 3.05) is 31.6 Å². The molecule has 2 saturated heterocycles. The molecule has 29 heavy (non-hydrogen) atoms. The Morgan fingerprint density at radius 2 is 1.93 bits per heavy atom. The Morgan fingerprint density at radius 1 is 1.07 bits per heavy atom. The van der Waals surface area contributed by atoms with E-state index in [-0.39, 0.29) is 12.0 Å². The van der Waals surface area contributed by atoms with Crippen molar-refractivity contribution in [1.82, 2.24) is 10.2 Å². The molecule has 2 N–H and O–H groups in total. The van der Waals surface area contributed by atoms with Gasteiger partial charge < -0.3 is 20.3 Å². The number of nitrogens with one attached hydrogen (secondary N) is 2. The quantitative estimate of drug-likeness (QED) is 0.723. The van der Waals surface area contributed by atoms with E-state index in [1.807, 2.05) is 12.1 Å². The third kappa shape index (κ3) is 5.89. The highest BCUT2D eigenvalue weighted by Crippen LogP contribution is 2.17. The molecule has 5 heteroatoms. The van der Waals surface area contributed by atoms with E-state index < -0.39 is 0 Å². The van der Waals surface area contributed by atoms with E-state index in [1.165, 1.54) is 17.5 Å². The van der Waals surface area contributed by atoms with Crippen LogP contribution in [0, 0.1) is 0 Å². The van der Waals surface area contributed by atoms with E-state index >= 15 is 0 Å². The second kappa shape index (κ2) is 10.0. The third-order valence-electron chi connectivity index (χ3n) is 5.84. The monoisotopic (exact) mass is 393 g/mol. The van der Waals surface area contributed by atoms with Crippen LogP contribution in [0.5, 0.6) is 0 Å². The molecule has 2 heterocycles. The molecule has 2 aromatic rings. The average Bonchev–Trinajstić information content (AvgIpc) is 3.44. The van der Waals surface area contributed by atoms with Crippen LogP contribution >= 0.6 is 0 Å². The van der Waals surface area contributed by atoms with E-state index in [2.05, 4.69) is 58.0 Å². The predicted octanol–water partition coefficient (Wildman–Crippen LogP) is 3.21. The summed E-state index contributed by atoms with van der Waals surface area (Å²) >= 11 is 0. The molecule has 2 aliphatic rings. The molecule has 2 fully saturated rings. The number of carbonyl (C=O) groups is 1. The zero-order valence-electron chi connectivity index (χ0n) is 17.0. The Morgan fingerprint density at radius 3 is 2.76 bits per heavy atom. The third-order valence-corrected chi connectivity index (χ3v) is 5.84. The fourth-order valence-corrected chi connectivity index (χ4v) is 4.16. The number of anilines is 1. The van der Waals surface area contributed by atoms with E-state index in [9.17, 15) is 4.79 Å². The molecule has 1 amide bonds. The summed E-state index contributed by atoms with van der Waals surface area (Å²) in [5.74, 6) is -0.0301. The minimum atomic E-state index is -0.294. The molecular weight excluding hydrogens is 362 g/mol. The van der Waals surface area contributed by atoms with Crippen molar-refractivity contribution < 1.29 is 9.53 Å². The van der Waals surface area contributed by atoms with Crippen molar-refractivity contribution in [3.05, 3.63) is 65.7 Å². The summed E-state index contributed by atoms with van der Waals surface area (Å²) in [6.07, 6.45) is 3.78. The molecule has 4 rings (SSSR count). The van der Waals surface area contributed by atoms with Gasteiger partial charge in [-0.1, -0.05) is 42.5 Å². The molecule has 2 aromatic carbocycles. The van der Waals surface area contributed by atoms with Crippen LogP contribution in [0.1, 0.15) is 30.4 Å². The largest absolute Gasteiger partial charge is 0.368 e. The van der Waals surface area contributed by atoms with Crippen molar-refractivity contribution in [1.29, 1.82) is 0 Å². The minimum Gasteiger partial charge on any atom is -0.368 e. The summed E-state index contributed by atoms with van der Waals surface area (Å²) in [7, 11) is 0. The Labute approximate surface area is 173 Å². The predicted molar refractivity (Wildman–Crippen MR) is 116 cm³/mol. The fourth-order valence-electron chi connectivity index (χ4n) is 4.16. The van der Waals surface area contributed by atoms with Crippen LogP contribution in [-0.2, 0) is 22.5 Å². The maximum atomic E-state index is 12.2. The lowest BCUT2D eigenvalue weighted by Gasteiger charge is -2.17. The van der Waals surface area contributed by atoms with Gasteiger partial charge in [-0.15, -0.1) is 0 Å². The summed E-state index contributed by atoms with van der Waals surface area (Å²) < 4.78 is 5.46. The molecule has 2 atom stereocenters.